The third kappa shape index (κ3) is 3.11. The average Bonchev–Trinajstić information content (AvgIpc) is 2.84. The fraction of sp³-hybridized carbons (Fsp3) is 0.692. The van der Waals surface area contributed by atoms with E-state index in [0.29, 0.717) is 15.9 Å². The van der Waals surface area contributed by atoms with Crippen LogP contribution in [0, 0.1) is 10.1 Å². The van der Waals surface area contributed by atoms with Gasteiger partial charge in [-0.25, -0.2) is 0 Å². The van der Waals surface area contributed by atoms with Gasteiger partial charge >= 0.3 is 5.69 Å². The minimum atomic E-state index is -0.660. The highest BCUT2D eigenvalue weighted by molar-refractivity contribution is 7.16. The van der Waals surface area contributed by atoms with Crippen LogP contribution >= 0.6 is 11.3 Å². The smallest absolute Gasteiger partial charge is 0.304 e. The van der Waals surface area contributed by atoms with Crippen molar-refractivity contribution in [3.05, 3.63) is 21.1 Å². The van der Waals surface area contributed by atoms with Crippen molar-refractivity contribution in [3.8, 4) is 0 Å². The molecule has 1 atom stereocenters. The molecule has 1 N–H and O–H groups in total. The standard InChI is InChI=1S/C13H21N3O3S/c1-9(17)12-8-11(16(18)19)13(20-12)15-6-4-10(5-7-15)14(2)3/h8-10,17H,4-7H2,1-3H3. The lowest BCUT2D eigenvalue weighted by molar-refractivity contribution is -0.383. The number of rotatable bonds is 4. The highest BCUT2D eigenvalue weighted by Crippen LogP contribution is 2.41. The summed E-state index contributed by atoms with van der Waals surface area (Å²) in [5.74, 6) is 0. The molecular weight excluding hydrogens is 278 g/mol. The maximum absolute atomic E-state index is 11.2. The van der Waals surface area contributed by atoms with Gasteiger partial charge < -0.3 is 14.9 Å². The average molecular weight is 299 g/mol. The molecule has 0 saturated carbocycles. The molecule has 0 spiro atoms. The number of aliphatic hydroxyl groups excluding tert-OH is 1. The Morgan fingerprint density at radius 2 is 2.10 bits per heavy atom. The van der Waals surface area contributed by atoms with E-state index in [0.717, 1.165) is 25.9 Å². The van der Waals surface area contributed by atoms with Crippen molar-refractivity contribution in [2.24, 2.45) is 0 Å². The number of anilines is 1. The predicted octanol–water partition coefficient (Wildman–Crippen LogP) is 2.24. The first-order valence-corrected chi connectivity index (χ1v) is 7.59. The molecular formula is C13H21N3O3S. The molecule has 1 fully saturated rings. The Kier molecular flexibility index (Phi) is 4.62. The molecule has 1 aliphatic rings. The summed E-state index contributed by atoms with van der Waals surface area (Å²) in [5, 5.41) is 21.5. The molecule has 1 aliphatic heterocycles. The third-order valence-corrected chi connectivity index (χ3v) is 5.16. The lowest BCUT2D eigenvalue weighted by Crippen LogP contribution is -2.41. The SMILES string of the molecule is CC(O)c1cc([N+](=O)[O-])c(N2CCC(N(C)C)CC2)s1. The Morgan fingerprint density at radius 1 is 1.50 bits per heavy atom. The van der Waals surface area contributed by atoms with Crippen LogP contribution < -0.4 is 4.90 Å². The molecule has 7 heteroatoms. The molecule has 0 radical (unpaired) electrons. The predicted molar refractivity (Wildman–Crippen MR) is 80.5 cm³/mol. The Hall–Kier alpha value is -1.18. The number of aliphatic hydroxyl groups is 1. The quantitative estimate of drug-likeness (QED) is 0.682. The Morgan fingerprint density at radius 3 is 2.55 bits per heavy atom. The lowest BCUT2D eigenvalue weighted by Gasteiger charge is -2.35. The van der Waals surface area contributed by atoms with E-state index in [4.69, 9.17) is 0 Å². The summed E-state index contributed by atoms with van der Waals surface area (Å²) < 4.78 is 0. The first-order chi connectivity index (χ1) is 9.40. The van der Waals surface area contributed by atoms with Crippen LogP contribution in [0.25, 0.3) is 0 Å². The van der Waals surface area contributed by atoms with E-state index in [1.54, 1.807) is 6.92 Å². The second-order valence-electron chi connectivity index (χ2n) is 5.45. The van der Waals surface area contributed by atoms with Gasteiger partial charge in [-0.3, -0.25) is 10.1 Å². The molecule has 0 amide bonds. The number of thiophene rings is 1. The van der Waals surface area contributed by atoms with Gasteiger partial charge in [0.2, 0.25) is 0 Å². The zero-order valence-corrected chi connectivity index (χ0v) is 12.9. The first kappa shape index (κ1) is 15.2. The minimum absolute atomic E-state index is 0.120. The Balaban J connectivity index is 2.18. The number of piperidine rings is 1. The molecule has 2 rings (SSSR count). The molecule has 0 aromatic carbocycles. The fourth-order valence-corrected chi connectivity index (χ4v) is 3.65. The molecule has 0 bridgehead atoms. The summed E-state index contributed by atoms with van der Waals surface area (Å²) in [6.45, 7) is 3.28. The van der Waals surface area contributed by atoms with Gasteiger partial charge in [0.15, 0.2) is 5.00 Å². The number of hydrogen-bond acceptors (Lipinski definition) is 6. The van der Waals surface area contributed by atoms with Crippen molar-refractivity contribution >= 4 is 22.0 Å². The molecule has 1 saturated heterocycles. The van der Waals surface area contributed by atoms with Crippen LogP contribution in [0.15, 0.2) is 6.07 Å². The minimum Gasteiger partial charge on any atom is -0.388 e. The maximum Gasteiger partial charge on any atom is 0.304 e. The molecule has 6 nitrogen and oxygen atoms in total. The third-order valence-electron chi connectivity index (χ3n) is 3.80. The van der Waals surface area contributed by atoms with Crippen molar-refractivity contribution < 1.29 is 10.0 Å². The zero-order valence-electron chi connectivity index (χ0n) is 12.1. The van der Waals surface area contributed by atoms with E-state index in [2.05, 4.69) is 23.9 Å². The Labute approximate surface area is 122 Å². The molecule has 1 aromatic heterocycles. The van der Waals surface area contributed by atoms with Gasteiger partial charge in [-0.2, -0.15) is 0 Å². The molecule has 20 heavy (non-hydrogen) atoms. The summed E-state index contributed by atoms with van der Waals surface area (Å²) in [5.41, 5.74) is 0.120. The summed E-state index contributed by atoms with van der Waals surface area (Å²) in [7, 11) is 4.14. The fourth-order valence-electron chi connectivity index (χ4n) is 2.54. The topological polar surface area (TPSA) is 69.8 Å². The van der Waals surface area contributed by atoms with Gasteiger partial charge in [-0.1, -0.05) is 0 Å². The lowest BCUT2D eigenvalue weighted by atomic mass is 10.0. The highest BCUT2D eigenvalue weighted by atomic mass is 32.1. The van der Waals surface area contributed by atoms with E-state index in [-0.39, 0.29) is 10.6 Å². The van der Waals surface area contributed by atoms with Crippen molar-refractivity contribution in [2.45, 2.75) is 31.9 Å². The second-order valence-corrected chi connectivity index (χ2v) is 6.52. The van der Waals surface area contributed by atoms with Crippen molar-refractivity contribution in [2.75, 3.05) is 32.1 Å². The van der Waals surface area contributed by atoms with Gasteiger partial charge in [0.25, 0.3) is 0 Å². The van der Waals surface area contributed by atoms with Crippen LogP contribution in [-0.4, -0.2) is 48.2 Å². The van der Waals surface area contributed by atoms with Gasteiger partial charge in [0, 0.05) is 30.1 Å². The van der Waals surface area contributed by atoms with Crippen LogP contribution in [0.4, 0.5) is 10.7 Å². The largest absolute Gasteiger partial charge is 0.388 e. The van der Waals surface area contributed by atoms with Gasteiger partial charge in [0.05, 0.1) is 11.0 Å². The molecule has 1 unspecified atom stereocenters. The van der Waals surface area contributed by atoms with Crippen LogP contribution in [-0.2, 0) is 0 Å². The second kappa shape index (κ2) is 6.07. The first-order valence-electron chi connectivity index (χ1n) is 6.77. The molecule has 1 aromatic rings. The molecule has 112 valence electrons. The maximum atomic E-state index is 11.2. The molecule has 2 heterocycles. The van der Waals surface area contributed by atoms with E-state index in [1.165, 1.54) is 17.4 Å². The zero-order chi connectivity index (χ0) is 14.9. The summed E-state index contributed by atoms with van der Waals surface area (Å²) in [6.07, 6.45) is 1.35. The summed E-state index contributed by atoms with van der Waals surface area (Å²) in [4.78, 5) is 15.8. The number of hydrogen-bond donors (Lipinski definition) is 1. The van der Waals surface area contributed by atoms with Crippen LogP contribution in [0.5, 0.6) is 0 Å². The Bertz CT molecular complexity index is 479. The normalized spacial score (nSPS) is 18.6. The van der Waals surface area contributed by atoms with Gasteiger partial charge in [-0.05, 0) is 33.9 Å². The monoisotopic (exact) mass is 299 g/mol. The van der Waals surface area contributed by atoms with Crippen LogP contribution in [0.1, 0.15) is 30.7 Å². The van der Waals surface area contributed by atoms with Crippen molar-refractivity contribution in [3.63, 3.8) is 0 Å². The summed E-state index contributed by atoms with van der Waals surface area (Å²) in [6, 6.07) is 2.05. The number of nitro groups is 1. The van der Waals surface area contributed by atoms with E-state index in [9.17, 15) is 15.2 Å². The highest BCUT2D eigenvalue weighted by Gasteiger charge is 2.29. The van der Waals surface area contributed by atoms with E-state index < -0.39 is 6.10 Å². The van der Waals surface area contributed by atoms with Crippen LogP contribution in [0.3, 0.4) is 0 Å². The van der Waals surface area contributed by atoms with E-state index >= 15 is 0 Å². The number of nitrogens with zero attached hydrogens (tertiary/aromatic N) is 3. The van der Waals surface area contributed by atoms with E-state index in [1.807, 2.05) is 0 Å². The van der Waals surface area contributed by atoms with Gasteiger partial charge in [0.1, 0.15) is 0 Å². The molecule has 0 aliphatic carbocycles. The summed E-state index contributed by atoms with van der Waals surface area (Å²) >= 11 is 1.33. The van der Waals surface area contributed by atoms with Crippen molar-refractivity contribution in [1.82, 2.24) is 4.90 Å². The van der Waals surface area contributed by atoms with Gasteiger partial charge in [-0.15, -0.1) is 11.3 Å². The van der Waals surface area contributed by atoms with Crippen molar-refractivity contribution in [1.29, 1.82) is 0 Å². The van der Waals surface area contributed by atoms with Crippen LogP contribution in [0.2, 0.25) is 0 Å².